The fraction of sp³-hybridized carbons (Fsp3) is 0.350. The summed E-state index contributed by atoms with van der Waals surface area (Å²) in [5.74, 6) is -1.59. The third kappa shape index (κ3) is 3.82. The molecule has 27 heavy (non-hydrogen) atoms. The molecule has 3 rings (SSSR count). The molecule has 0 spiro atoms. The number of rotatable bonds is 5. The molecule has 1 saturated heterocycles. The van der Waals surface area contributed by atoms with Crippen molar-refractivity contribution in [2.45, 2.75) is 31.5 Å². The lowest BCUT2D eigenvalue weighted by molar-refractivity contribution is -0.148. The number of likely N-dealkylation sites (tertiary alicyclic amines) is 1. The Kier molecular flexibility index (Phi) is 5.48. The summed E-state index contributed by atoms with van der Waals surface area (Å²) in [5.41, 5.74) is 0.688. The molecule has 0 aliphatic carbocycles. The second-order valence-corrected chi connectivity index (χ2v) is 7.51. The number of aliphatic carboxylic acids is 1. The normalized spacial score (nSPS) is 25.3. The summed E-state index contributed by atoms with van der Waals surface area (Å²) in [4.78, 5) is 30.6. The van der Waals surface area contributed by atoms with E-state index in [9.17, 15) is 14.7 Å². The predicted octanol–water partition coefficient (Wildman–Crippen LogP) is 2.89. The van der Waals surface area contributed by atoms with Gasteiger partial charge in [0.1, 0.15) is 5.54 Å². The molecule has 1 aromatic heterocycles. The van der Waals surface area contributed by atoms with Crippen LogP contribution < -0.4 is 5.32 Å². The summed E-state index contributed by atoms with van der Waals surface area (Å²) in [6, 6.07) is 10.5. The van der Waals surface area contributed by atoms with Crippen LogP contribution in [0.4, 0.5) is 0 Å². The SMILES string of the molecule is CN1[C@@H](c2ccc(Cl)cc2)[C@@H](C(=O)NCc2ccncc2)C[C@@]1(C)C(=O)O. The highest BCUT2D eigenvalue weighted by Gasteiger charge is 2.54. The Hall–Kier alpha value is -2.44. The quantitative estimate of drug-likeness (QED) is 0.824. The Morgan fingerprint density at radius 2 is 1.89 bits per heavy atom. The van der Waals surface area contributed by atoms with Gasteiger partial charge in [0.25, 0.3) is 0 Å². The van der Waals surface area contributed by atoms with Crippen LogP contribution in [0.1, 0.15) is 30.5 Å². The van der Waals surface area contributed by atoms with Gasteiger partial charge in [0.2, 0.25) is 5.91 Å². The van der Waals surface area contributed by atoms with E-state index < -0.39 is 17.4 Å². The molecule has 1 fully saturated rings. The number of amides is 1. The third-order valence-electron chi connectivity index (χ3n) is 5.42. The van der Waals surface area contributed by atoms with Crippen LogP contribution in [0.25, 0.3) is 0 Å². The van der Waals surface area contributed by atoms with Gasteiger partial charge in [-0.2, -0.15) is 0 Å². The Morgan fingerprint density at radius 1 is 1.26 bits per heavy atom. The molecule has 2 heterocycles. The minimum atomic E-state index is -1.12. The smallest absolute Gasteiger partial charge is 0.323 e. The molecular formula is C20H22ClN3O3. The molecule has 1 aliphatic heterocycles. The molecule has 6 nitrogen and oxygen atoms in total. The van der Waals surface area contributed by atoms with Gasteiger partial charge in [-0.15, -0.1) is 0 Å². The maximum atomic E-state index is 13.0. The van der Waals surface area contributed by atoms with Gasteiger partial charge in [-0.3, -0.25) is 19.5 Å². The maximum Gasteiger partial charge on any atom is 0.323 e. The van der Waals surface area contributed by atoms with Gasteiger partial charge in [-0.05, 0) is 55.8 Å². The van der Waals surface area contributed by atoms with E-state index in [1.165, 1.54) is 0 Å². The minimum absolute atomic E-state index is 0.163. The summed E-state index contributed by atoms with van der Waals surface area (Å²) in [7, 11) is 1.75. The van der Waals surface area contributed by atoms with E-state index in [0.717, 1.165) is 11.1 Å². The van der Waals surface area contributed by atoms with Gasteiger partial charge in [-0.25, -0.2) is 0 Å². The summed E-state index contributed by atoms with van der Waals surface area (Å²) in [6.45, 7) is 2.03. The third-order valence-corrected chi connectivity index (χ3v) is 5.67. The Labute approximate surface area is 163 Å². The predicted molar refractivity (Wildman–Crippen MR) is 102 cm³/mol. The van der Waals surface area contributed by atoms with E-state index in [4.69, 9.17) is 11.6 Å². The topological polar surface area (TPSA) is 82.5 Å². The van der Waals surface area contributed by atoms with E-state index >= 15 is 0 Å². The first-order valence-electron chi connectivity index (χ1n) is 8.71. The number of benzene rings is 1. The zero-order valence-electron chi connectivity index (χ0n) is 15.2. The zero-order chi connectivity index (χ0) is 19.6. The highest BCUT2D eigenvalue weighted by molar-refractivity contribution is 6.30. The number of aromatic nitrogens is 1. The number of hydrogen-bond donors (Lipinski definition) is 2. The molecular weight excluding hydrogens is 366 g/mol. The van der Waals surface area contributed by atoms with Crippen LogP contribution in [0.5, 0.6) is 0 Å². The molecule has 0 unspecified atom stereocenters. The summed E-state index contributed by atoms with van der Waals surface area (Å²) < 4.78 is 0. The summed E-state index contributed by atoms with van der Waals surface area (Å²) >= 11 is 5.99. The summed E-state index contributed by atoms with van der Waals surface area (Å²) in [6.07, 6.45) is 3.57. The molecule has 142 valence electrons. The largest absolute Gasteiger partial charge is 0.480 e. The van der Waals surface area contributed by atoms with Crippen molar-refractivity contribution in [1.29, 1.82) is 0 Å². The van der Waals surface area contributed by atoms with E-state index in [-0.39, 0.29) is 18.4 Å². The van der Waals surface area contributed by atoms with Crippen LogP contribution in [-0.2, 0) is 16.1 Å². The molecule has 2 N–H and O–H groups in total. The first-order chi connectivity index (χ1) is 12.8. The van der Waals surface area contributed by atoms with Crippen molar-refractivity contribution in [2.75, 3.05) is 7.05 Å². The molecule has 1 aromatic carbocycles. The van der Waals surface area contributed by atoms with Crippen LogP contribution in [0.3, 0.4) is 0 Å². The van der Waals surface area contributed by atoms with Gasteiger partial charge in [0, 0.05) is 30.0 Å². The fourth-order valence-electron chi connectivity index (χ4n) is 3.67. The highest BCUT2D eigenvalue weighted by Crippen LogP contribution is 2.46. The highest BCUT2D eigenvalue weighted by atomic mass is 35.5. The number of nitrogens with zero attached hydrogens (tertiary/aromatic N) is 2. The Bertz CT molecular complexity index is 828. The first-order valence-corrected chi connectivity index (χ1v) is 9.09. The number of carboxylic acid groups (broad SMARTS) is 1. The van der Waals surface area contributed by atoms with Gasteiger partial charge in [-0.1, -0.05) is 23.7 Å². The lowest BCUT2D eigenvalue weighted by atomic mass is 9.89. The van der Waals surface area contributed by atoms with Crippen LogP contribution in [0.15, 0.2) is 48.8 Å². The lowest BCUT2D eigenvalue weighted by Gasteiger charge is -2.32. The van der Waals surface area contributed by atoms with Crippen LogP contribution >= 0.6 is 11.6 Å². The lowest BCUT2D eigenvalue weighted by Crippen LogP contribution is -2.46. The van der Waals surface area contributed by atoms with Crippen molar-refractivity contribution in [2.24, 2.45) is 5.92 Å². The van der Waals surface area contributed by atoms with Crippen molar-refractivity contribution in [3.63, 3.8) is 0 Å². The van der Waals surface area contributed by atoms with E-state index in [2.05, 4.69) is 10.3 Å². The second-order valence-electron chi connectivity index (χ2n) is 7.07. The Balaban J connectivity index is 1.86. The van der Waals surface area contributed by atoms with Crippen LogP contribution in [0.2, 0.25) is 5.02 Å². The number of halogens is 1. The number of carbonyl (C=O) groups is 2. The average Bonchev–Trinajstić information content (AvgIpc) is 2.94. The van der Waals surface area contributed by atoms with Crippen molar-refractivity contribution in [3.8, 4) is 0 Å². The fourth-order valence-corrected chi connectivity index (χ4v) is 3.80. The molecule has 0 bridgehead atoms. The van der Waals surface area contributed by atoms with Crippen LogP contribution in [0, 0.1) is 5.92 Å². The standard InChI is InChI=1S/C20H22ClN3O3/c1-20(19(26)27)11-16(18(25)23-12-13-7-9-22-10-8-13)17(24(20)2)14-3-5-15(21)6-4-14/h3-10,16-17H,11-12H2,1-2H3,(H,23,25)(H,26,27)/t16-,17-,20-/m0/s1. The van der Waals surface area contributed by atoms with Crippen molar-refractivity contribution < 1.29 is 14.7 Å². The average molecular weight is 388 g/mol. The van der Waals surface area contributed by atoms with Gasteiger partial charge in [0.15, 0.2) is 0 Å². The molecule has 2 aromatic rings. The molecule has 7 heteroatoms. The van der Waals surface area contributed by atoms with E-state index in [0.29, 0.717) is 11.6 Å². The second kappa shape index (κ2) is 7.66. The van der Waals surface area contributed by atoms with Gasteiger partial charge in [0.05, 0.1) is 5.92 Å². The van der Waals surface area contributed by atoms with E-state index in [1.807, 2.05) is 24.3 Å². The Morgan fingerprint density at radius 3 is 2.48 bits per heavy atom. The van der Waals surface area contributed by atoms with Crippen LogP contribution in [-0.4, -0.2) is 39.5 Å². The number of nitrogens with one attached hydrogen (secondary N) is 1. The molecule has 1 amide bonds. The number of carbonyl (C=O) groups excluding carboxylic acids is 1. The van der Waals surface area contributed by atoms with Crippen molar-refractivity contribution in [3.05, 3.63) is 64.9 Å². The maximum absolute atomic E-state index is 13.0. The van der Waals surface area contributed by atoms with E-state index in [1.54, 1.807) is 43.4 Å². The minimum Gasteiger partial charge on any atom is -0.480 e. The first kappa shape index (κ1) is 19.3. The molecule has 0 radical (unpaired) electrons. The molecule has 1 aliphatic rings. The molecule has 0 saturated carbocycles. The molecule has 3 atom stereocenters. The van der Waals surface area contributed by atoms with Gasteiger partial charge < -0.3 is 10.4 Å². The number of likely N-dealkylation sites (N-methyl/N-ethyl adjacent to an activating group) is 1. The monoisotopic (exact) mass is 387 g/mol. The van der Waals surface area contributed by atoms with Gasteiger partial charge >= 0.3 is 5.97 Å². The zero-order valence-corrected chi connectivity index (χ0v) is 16.0. The number of pyridine rings is 1. The van der Waals surface area contributed by atoms with Crippen molar-refractivity contribution >= 4 is 23.5 Å². The number of carboxylic acids is 1. The number of hydrogen-bond acceptors (Lipinski definition) is 4. The summed E-state index contributed by atoms with van der Waals surface area (Å²) in [5, 5.41) is 13.3. The van der Waals surface area contributed by atoms with Crippen molar-refractivity contribution in [1.82, 2.24) is 15.2 Å².